The first-order valence-electron chi connectivity index (χ1n) is 6.07. The van der Waals surface area contributed by atoms with Crippen LogP contribution < -0.4 is 0 Å². The van der Waals surface area contributed by atoms with Gasteiger partial charge in [0.05, 0.1) is 11.5 Å². The molecule has 0 unspecified atom stereocenters. The van der Waals surface area contributed by atoms with E-state index >= 15 is 0 Å². The molecule has 0 spiro atoms. The molecule has 1 aromatic rings. The fourth-order valence-corrected chi connectivity index (χ4v) is 4.38. The Labute approximate surface area is 102 Å². The van der Waals surface area contributed by atoms with E-state index in [1.54, 1.807) is 0 Å². The predicted octanol–water partition coefficient (Wildman–Crippen LogP) is 1.15. The molecular formula is C13H17NO2S. The lowest BCUT2D eigenvalue weighted by Crippen LogP contribution is -2.54. The largest absolute Gasteiger partial charge is 0.294 e. The van der Waals surface area contributed by atoms with Crippen molar-refractivity contribution in [1.29, 1.82) is 0 Å². The number of hydrogen-bond acceptors (Lipinski definition) is 3. The Kier molecular flexibility index (Phi) is 2.52. The summed E-state index contributed by atoms with van der Waals surface area (Å²) in [7, 11) is -2.71. The average Bonchev–Trinajstić information content (AvgIpc) is 2.25. The van der Waals surface area contributed by atoms with Gasteiger partial charge in [-0.1, -0.05) is 18.2 Å². The molecule has 0 atom stereocenters. The Morgan fingerprint density at radius 2 is 2.06 bits per heavy atom. The summed E-state index contributed by atoms with van der Waals surface area (Å²) in [6, 6.07) is 6.67. The summed E-state index contributed by atoms with van der Waals surface area (Å²) in [6.07, 6.45) is 1.05. The van der Waals surface area contributed by atoms with E-state index in [2.05, 4.69) is 30.0 Å². The number of fused-ring (bicyclic) bond motifs is 1. The molecule has 1 fully saturated rings. The first-order chi connectivity index (χ1) is 8.05. The van der Waals surface area contributed by atoms with Gasteiger partial charge in [-0.15, -0.1) is 0 Å². The van der Waals surface area contributed by atoms with Crippen LogP contribution in [-0.2, 0) is 22.8 Å². The molecule has 2 aliphatic heterocycles. The van der Waals surface area contributed by atoms with Gasteiger partial charge in [-0.3, -0.25) is 4.90 Å². The topological polar surface area (TPSA) is 37.4 Å². The fraction of sp³-hybridized carbons (Fsp3) is 0.538. The van der Waals surface area contributed by atoms with E-state index in [1.807, 2.05) is 0 Å². The maximum Gasteiger partial charge on any atom is 0.153 e. The van der Waals surface area contributed by atoms with Crippen molar-refractivity contribution >= 4 is 9.84 Å². The third kappa shape index (κ3) is 2.00. The maximum atomic E-state index is 11.2. The molecule has 3 nitrogen and oxygen atoms in total. The summed E-state index contributed by atoms with van der Waals surface area (Å²) in [5, 5.41) is 0. The van der Waals surface area contributed by atoms with E-state index in [-0.39, 0.29) is 6.04 Å². The minimum Gasteiger partial charge on any atom is -0.294 e. The first kappa shape index (κ1) is 11.2. The van der Waals surface area contributed by atoms with Gasteiger partial charge in [0.2, 0.25) is 0 Å². The van der Waals surface area contributed by atoms with E-state index in [9.17, 15) is 8.42 Å². The zero-order valence-corrected chi connectivity index (χ0v) is 10.8. The maximum absolute atomic E-state index is 11.2. The number of hydrogen-bond donors (Lipinski definition) is 0. The summed E-state index contributed by atoms with van der Waals surface area (Å²) in [5.74, 6) is 0.711. The van der Waals surface area contributed by atoms with Gasteiger partial charge in [0.15, 0.2) is 9.84 Å². The van der Waals surface area contributed by atoms with Gasteiger partial charge in [-0.2, -0.15) is 0 Å². The van der Waals surface area contributed by atoms with Crippen LogP contribution >= 0.6 is 0 Å². The van der Waals surface area contributed by atoms with Crippen LogP contribution in [-0.4, -0.2) is 37.4 Å². The summed E-state index contributed by atoms with van der Waals surface area (Å²) in [5.41, 5.74) is 4.20. The normalized spacial score (nSPS) is 24.1. The number of nitrogens with zero attached hydrogens (tertiary/aromatic N) is 1. The number of aryl methyl sites for hydroxylation is 1. The van der Waals surface area contributed by atoms with Crippen molar-refractivity contribution in [2.24, 2.45) is 0 Å². The molecule has 17 heavy (non-hydrogen) atoms. The number of rotatable bonds is 1. The van der Waals surface area contributed by atoms with Crippen molar-refractivity contribution in [2.75, 3.05) is 18.1 Å². The molecule has 3 rings (SSSR count). The first-order valence-corrected chi connectivity index (χ1v) is 7.89. The molecule has 0 aliphatic carbocycles. The van der Waals surface area contributed by atoms with E-state index in [1.165, 1.54) is 16.7 Å². The van der Waals surface area contributed by atoms with Crippen molar-refractivity contribution in [3.63, 3.8) is 0 Å². The standard InChI is InChI=1S/C13H17NO2S/c1-10-3-2-4-11-7-14(6-5-13(10)11)12-8-17(15,16)9-12/h2-4,12H,5-9H2,1H3. The second-order valence-corrected chi connectivity index (χ2v) is 7.32. The molecule has 1 saturated heterocycles. The van der Waals surface area contributed by atoms with Crippen LogP contribution in [0.2, 0.25) is 0 Å². The van der Waals surface area contributed by atoms with Crippen LogP contribution in [0.1, 0.15) is 16.7 Å². The van der Waals surface area contributed by atoms with E-state index in [0.29, 0.717) is 11.5 Å². The number of sulfone groups is 1. The van der Waals surface area contributed by atoms with Gasteiger partial charge < -0.3 is 0 Å². The lowest BCUT2D eigenvalue weighted by atomic mass is 9.94. The Balaban J connectivity index is 1.78. The van der Waals surface area contributed by atoms with Gasteiger partial charge in [0.1, 0.15) is 0 Å². The zero-order valence-electron chi connectivity index (χ0n) is 10.0. The smallest absolute Gasteiger partial charge is 0.153 e. The average molecular weight is 251 g/mol. The van der Waals surface area contributed by atoms with Crippen LogP contribution in [0.25, 0.3) is 0 Å². The Hall–Kier alpha value is -0.870. The zero-order chi connectivity index (χ0) is 12.0. The summed E-state index contributed by atoms with van der Waals surface area (Å²) in [4.78, 5) is 2.32. The molecule has 0 saturated carbocycles. The molecule has 2 heterocycles. The van der Waals surface area contributed by atoms with Crippen LogP contribution in [0.4, 0.5) is 0 Å². The highest BCUT2D eigenvalue weighted by Gasteiger charge is 2.38. The van der Waals surface area contributed by atoms with Gasteiger partial charge >= 0.3 is 0 Å². The monoisotopic (exact) mass is 251 g/mol. The van der Waals surface area contributed by atoms with Crippen molar-refractivity contribution < 1.29 is 8.42 Å². The van der Waals surface area contributed by atoms with E-state index in [4.69, 9.17) is 0 Å². The molecule has 92 valence electrons. The van der Waals surface area contributed by atoms with Gasteiger partial charge in [0, 0.05) is 19.1 Å². The van der Waals surface area contributed by atoms with E-state index in [0.717, 1.165) is 19.5 Å². The Bertz CT molecular complexity index is 539. The highest BCUT2D eigenvalue weighted by Crippen LogP contribution is 2.26. The highest BCUT2D eigenvalue weighted by molar-refractivity contribution is 7.92. The molecule has 1 aromatic carbocycles. The minimum absolute atomic E-state index is 0.258. The Morgan fingerprint density at radius 1 is 1.29 bits per heavy atom. The molecular weight excluding hydrogens is 234 g/mol. The predicted molar refractivity (Wildman–Crippen MR) is 67.7 cm³/mol. The van der Waals surface area contributed by atoms with Crippen LogP contribution in [0, 0.1) is 6.92 Å². The third-order valence-electron chi connectivity index (χ3n) is 3.94. The summed E-state index contributed by atoms with van der Waals surface area (Å²) in [6.45, 7) is 4.07. The second kappa shape index (κ2) is 3.82. The lowest BCUT2D eigenvalue weighted by molar-refractivity contribution is 0.195. The van der Waals surface area contributed by atoms with Crippen LogP contribution in [0.5, 0.6) is 0 Å². The Morgan fingerprint density at radius 3 is 2.76 bits per heavy atom. The van der Waals surface area contributed by atoms with E-state index < -0.39 is 9.84 Å². The van der Waals surface area contributed by atoms with Crippen molar-refractivity contribution in [1.82, 2.24) is 4.90 Å². The number of benzene rings is 1. The van der Waals surface area contributed by atoms with Gasteiger partial charge in [-0.05, 0) is 30.0 Å². The molecule has 0 bridgehead atoms. The van der Waals surface area contributed by atoms with Crippen molar-refractivity contribution in [2.45, 2.75) is 25.9 Å². The van der Waals surface area contributed by atoms with Crippen molar-refractivity contribution in [3.05, 3.63) is 34.9 Å². The third-order valence-corrected chi connectivity index (χ3v) is 5.72. The molecule has 0 aromatic heterocycles. The van der Waals surface area contributed by atoms with Crippen LogP contribution in [0.3, 0.4) is 0 Å². The van der Waals surface area contributed by atoms with Crippen LogP contribution in [0.15, 0.2) is 18.2 Å². The molecule has 4 heteroatoms. The highest BCUT2D eigenvalue weighted by atomic mass is 32.2. The SMILES string of the molecule is Cc1cccc2c1CCN(C1CS(=O)(=O)C1)C2. The van der Waals surface area contributed by atoms with Crippen molar-refractivity contribution in [3.8, 4) is 0 Å². The van der Waals surface area contributed by atoms with Gasteiger partial charge in [-0.25, -0.2) is 8.42 Å². The molecule has 0 radical (unpaired) electrons. The minimum atomic E-state index is -2.71. The lowest BCUT2D eigenvalue weighted by Gasteiger charge is -2.40. The summed E-state index contributed by atoms with van der Waals surface area (Å²) >= 11 is 0. The fourth-order valence-electron chi connectivity index (χ4n) is 2.88. The summed E-state index contributed by atoms with van der Waals surface area (Å²) < 4.78 is 22.4. The molecule has 0 N–H and O–H groups in total. The molecule has 0 amide bonds. The molecule has 2 aliphatic rings. The quantitative estimate of drug-likeness (QED) is 0.751. The second-order valence-electron chi connectivity index (χ2n) is 5.16. The van der Waals surface area contributed by atoms with Gasteiger partial charge in [0.25, 0.3) is 0 Å².